The summed E-state index contributed by atoms with van der Waals surface area (Å²) in [7, 11) is 0. The first kappa shape index (κ1) is 10.6. The number of hydrogen-bond donors (Lipinski definition) is 0. The van der Waals surface area contributed by atoms with Gasteiger partial charge in [0.1, 0.15) is 5.69 Å². The van der Waals surface area contributed by atoms with Crippen LogP contribution in [0, 0.1) is 0 Å². The first-order valence-electron chi connectivity index (χ1n) is 4.30. The fourth-order valence-corrected chi connectivity index (χ4v) is 1.66. The highest BCUT2D eigenvalue weighted by Crippen LogP contribution is 2.24. The van der Waals surface area contributed by atoms with E-state index < -0.39 is 0 Å². The average Bonchev–Trinajstić information content (AvgIpc) is 2.68. The third-order valence-electron chi connectivity index (χ3n) is 1.74. The van der Waals surface area contributed by atoms with Crippen LogP contribution in [-0.2, 0) is 6.42 Å². The molecule has 0 radical (unpaired) electrons. The second-order valence-corrected chi connectivity index (χ2v) is 4.01. The van der Waals surface area contributed by atoms with Gasteiger partial charge in [0.05, 0.1) is 0 Å². The molecule has 0 unspecified atom stereocenters. The van der Waals surface area contributed by atoms with Crippen molar-refractivity contribution in [3.8, 4) is 11.6 Å². The van der Waals surface area contributed by atoms with Crippen molar-refractivity contribution in [2.24, 2.45) is 0 Å². The molecule has 0 fully saturated rings. The second kappa shape index (κ2) is 4.72. The van der Waals surface area contributed by atoms with Gasteiger partial charge in [0.25, 0.3) is 5.89 Å². The van der Waals surface area contributed by atoms with Crippen LogP contribution < -0.4 is 0 Å². The minimum absolute atomic E-state index is 0.405. The highest BCUT2D eigenvalue weighted by molar-refractivity contribution is 9.10. The Hall–Kier alpha value is -0.940. The Labute approximate surface area is 99.8 Å². The number of hydrogen-bond acceptors (Lipinski definition) is 4. The van der Waals surface area contributed by atoms with Gasteiger partial charge in [-0.2, -0.15) is 0 Å². The highest BCUT2D eigenvalue weighted by Gasteiger charge is 2.11. The maximum absolute atomic E-state index is 5.57. The van der Waals surface area contributed by atoms with E-state index in [1.54, 1.807) is 6.20 Å². The van der Waals surface area contributed by atoms with Crippen molar-refractivity contribution in [2.45, 2.75) is 6.42 Å². The topological polar surface area (TPSA) is 51.8 Å². The van der Waals surface area contributed by atoms with E-state index in [2.05, 4.69) is 31.1 Å². The summed E-state index contributed by atoms with van der Waals surface area (Å²) in [4.78, 5) is 4.15. The zero-order valence-corrected chi connectivity index (χ0v) is 9.99. The van der Waals surface area contributed by atoms with Crippen LogP contribution in [0.25, 0.3) is 11.6 Å². The monoisotopic (exact) mass is 287 g/mol. The number of aryl methyl sites for hydroxylation is 1. The van der Waals surface area contributed by atoms with Gasteiger partial charge < -0.3 is 4.42 Å². The van der Waals surface area contributed by atoms with Crippen molar-refractivity contribution in [1.82, 2.24) is 15.2 Å². The molecule has 0 N–H and O–H groups in total. The van der Waals surface area contributed by atoms with Crippen molar-refractivity contribution in [1.29, 1.82) is 0 Å². The Morgan fingerprint density at radius 3 is 3.00 bits per heavy atom. The van der Waals surface area contributed by atoms with Crippen LogP contribution in [0.15, 0.2) is 27.2 Å². The lowest BCUT2D eigenvalue weighted by atomic mass is 10.3. The van der Waals surface area contributed by atoms with Gasteiger partial charge in [-0.05, 0) is 28.1 Å². The molecule has 2 heterocycles. The Balaban J connectivity index is 2.33. The largest absolute Gasteiger partial charge is 0.419 e. The van der Waals surface area contributed by atoms with Crippen molar-refractivity contribution < 1.29 is 4.42 Å². The lowest BCUT2D eigenvalue weighted by Gasteiger charge is -1.95. The van der Waals surface area contributed by atoms with Gasteiger partial charge in [-0.1, -0.05) is 0 Å². The van der Waals surface area contributed by atoms with E-state index >= 15 is 0 Å². The molecule has 0 amide bonds. The number of nitrogens with zero attached hydrogens (tertiary/aromatic N) is 3. The maximum Gasteiger partial charge on any atom is 0.267 e. The molecule has 2 aromatic heterocycles. The molecule has 0 saturated heterocycles. The fraction of sp³-hybridized carbons (Fsp3) is 0.222. The minimum atomic E-state index is 0.405. The van der Waals surface area contributed by atoms with Crippen LogP contribution in [0.2, 0.25) is 0 Å². The van der Waals surface area contributed by atoms with Gasteiger partial charge in [-0.25, -0.2) is 4.98 Å². The summed E-state index contributed by atoms with van der Waals surface area (Å²) >= 11 is 8.93. The summed E-state index contributed by atoms with van der Waals surface area (Å²) < 4.78 is 6.22. The molecular formula is C9H7BrClN3O. The standard InChI is InChI=1S/C9H7BrClN3O/c10-6-2-1-5-12-8(6)9-14-13-7(15-9)3-4-11/h1-2,5H,3-4H2. The molecule has 0 spiro atoms. The van der Waals surface area contributed by atoms with E-state index in [0.29, 0.717) is 29.8 Å². The minimum Gasteiger partial charge on any atom is -0.419 e. The fourth-order valence-electron chi connectivity index (χ4n) is 1.07. The molecule has 0 bridgehead atoms. The molecule has 0 saturated carbocycles. The lowest BCUT2D eigenvalue weighted by molar-refractivity contribution is 0.512. The van der Waals surface area contributed by atoms with Crippen LogP contribution in [-0.4, -0.2) is 21.1 Å². The Morgan fingerprint density at radius 1 is 1.40 bits per heavy atom. The molecule has 0 aliphatic heterocycles. The van der Waals surface area contributed by atoms with Gasteiger partial charge in [0.2, 0.25) is 5.89 Å². The summed E-state index contributed by atoms with van der Waals surface area (Å²) in [5.41, 5.74) is 0.644. The van der Waals surface area contributed by atoms with Gasteiger partial charge >= 0.3 is 0 Å². The highest BCUT2D eigenvalue weighted by atomic mass is 79.9. The molecule has 4 nitrogen and oxygen atoms in total. The SMILES string of the molecule is ClCCc1nnc(-c2ncccc2Br)o1. The van der Waals surface area contributed by atoms with E-state index in [9.17, 15) is 0 Å². The zero-order valence-electron chi connectivity index (χ0n) is 7.65. The van der Waals surface area contributed by atoms with Crippen molar-refractivity contribution in [2.75, 3.05) is 5.88 Å². The van der Waals surface area contributed by atoms with Crippen LogP contribution in [0.3, 0.4) is 0 Å². The molecule has 2 rings (SSSR count). The van der Waals surface area contributed by atoms with Crippen LogP contribution in [0.1, 0.15) is 5.89 Å². The van der Waals surface area contributed by atoms with E-state index in [1.807, 2.05) is 12.1 Å². The van der Waals surface area contributed by atoms with Crippen molar-refractivity contribution in [3.05, 3.63) is 28.7 Å². The van der Waals surface area contributed by atoms with Gasteiger partial charge in [0, 0.05) is 23.0 Å². The van der Waals surface area contributed by atoms with Gasteiger partial charge in [0.15, 0.2) is 0 Å². The normalized spacial score (nSPS) is 10.5. The van der Waals surface area contributed by atoms with E-state index in [-0.39, 0.29) is 0 Å². The molecule has 78 valence electrons. The number of alkyl halides is 1. The van der Waals surface area contributed by atoms with Crippen molar-refractivity contribution in [3.63, 3.8) is 0 Å². The third-order valence-corrected chi connectivity index (χ3v) is 2.57. The zero-order chi connectivity index (χ0) is 10.7. The first-order chi connectivity index (χ1) is 7.31. The summed E-state index contributed by atoms with van der Waals surface area (Å²) in [6.07, 6.45) is 2.24. The van der Waals surface area contributed by atoms with Crippen LogP contribution in [0.4, 0.5) is 0 Å². The molecule has 0 aliphatic rings. The number of halogens is 2. The molecule has 15 heavy (non-hydrogen) atoms. The Kier molecular flexibility index (Phi) is 3.33. The van der Waals surface area contributed by atoms with E-state index in [4.69, 9.17) is 16.0 Å². The van der Waals surface area contributed by atoms with Crippen LogP contribution in [0.5, 0.6) is 0 Å². The predicted molar refractivity (Wildman–Crippen MR) is 59.7 cm³/mol. The van der Waals surface area contributed by atoms with E-state index in [0.717, 1.165) is 4.47 Å². The Bertz CT molecular complexity index is 460. The van der Waals surface area contributed by atoms with Crippen molar-refractivity contribution >= 4 is 27.5 Å². The summed E-state index contributed by atoms with van der Waals surface area (Å²) in [5.74, 6) is 1.39. The molecule has 6 heteroatoms. The van der Waals surface area contributed by atoms with Gasteiger partial charge in [-0.3, -0.25) is 0 Å². The maximum atomic E-state index is 5.57. The smallest absolute Gasteiger partial charge is 0.267 e. The van der Waals surface area contributed by atoms with E-state index in [1.165, 1.54) is 0 Å². The molecule has 0 atom stereocenters. The lowest BCUT2D eigenvalue weighted by Crippen LogP contribution is -1.84. The molecule has 2 aromatic rings. The Morgan fingerprint density at radius 2 is 2.27 bits per heavy atom. The molecule has 0 aliphatic carbocycles. The summed E-state index contributed by atoms with van der Waals surface area (Å²) in [5, 5.41) is 7.76. The third kappa shape index (κ3) is 2.35. The van der Waals surface area contributed by atoms with Gasteiger partial charge in [-0.15, -0.1) is 21.8 Å². The quantitative estimate of drug-likeness (QED) is 0.815. The molecule has 0 aromatic carbocycles. The first-order valence-corrected chi connectivity index (χ1v) is 5.63. The second-order valence-electron chi connectivity index (χ2n) is 2.77. The number of aromatic nitrogens is 3. The average molecular weight is 289 g/mol. The molecular weight excluding hydrogens is 281 g/mol. The van der Waals surface area contributed by atoms with Crippen LogP contribution >= 0.6 is 27.5 Å². The number of rotatable bonds is 3. The predicted octanol–water partition coefficient (Wildman–Crippen LogP) is 2.68. The number of pyridine rings is 1. The summed E-state index contributed by atoms with van der Waals surface area (Å²) in [6.45, 7) is 0. The summed E-state index contributed by atoms with van der Waals surface area (Å²) in [6, 6.07) is 3.69.